The number of methoxy groups -OCH3 is 1. The highest BCUT2D eigenvalue weighted by Gasteiger charge is 2.09. The molecule has 30 heavy (non-hydrogen) atoms. The predicted molar refractivity (Wildman–Crippen MR) is 131 cm³/mol. The first-order valence-corrected chi connectivity index (χ1v) is 9.71. The lowest BCUT2D eigenvalue weighted by Gasteiger charge is -2.14. The Morgan fingerprint density at radius 3 is 2.43 bits per heavy atom. The van der Waals surface area contributed by atoms with Crippen LogP contribution in [-0.2, 0) is 17.8 Å². The van der Waals surface area contributed by atoms with Crippen LogP contribution in [0.2, 0.25) is 0 Å². The highest BCUT2D eigenvalue weighted by Crippen LogP contribution is 2.28. The first kappa shape index (κ1) is 25.5. The molecule has 0 heterocycles. The molecule has 8 heteroatoms. The average molecular weight is 526 g/mol. The molecular weight excluding hydrogens is 495 g/mol. The van der Waals surface area contributed by atoms with Crippen molar-refractivity contribution in [2.75, 3.05) is 33.9 Å². The molecule has 1 amide bonds. The van der Waals surface area contributed by atoms with Gasteiger partial charge in [0.1, 0.15) is 0 Å². The number of aliphatic imine (C=N–C) groups is 1. The second-order valence-corrected chi connectivity index (χ2v) is 6.32. The zero-order valence-corrected chi connectivity index (χ0v) is 20.1. The molecule has 0 aromatic heterocycles. The van der Waals surface area contributed by atoms with E-state index in [2.05, 4.69) is 33.1 Å². The van der Waals surface area contributed by atoms with Crippen LogP contribution in [0.25, 0.3) is 0 Å². The molecule has 164 valence electrons. The molecule has 0 saturated carbocycles. The zero-order valence-electron chi connectivity index (χ0n) is 17.7. The van der Waals surface area contributed by atoms with Crippen LogP contribution < -0.4 is 25.4 Å². The molecule has 0 aliphatic carbocycles. The summed E-state index contributed by atoms with van der Waals surface area (Å²) >= 11 is 0. The summed E-state index contributed by atoms with van der Waals surface area (Å²) in [5.41, 5.74) is 2.29. The molecule has 0 aliphatic heterocycles. The van der Waals surface area contributed by atoms with E-state index in [1.807, 2.05) is 37.3 Å². The molecule has 2 aromatic rings. The predicted octanol–water partition coefficient (Wildman–Crippen LogP) is 2.74. The number of benzene rings is 2. The molecule has 0 atom stereocenters. The number of hydrogen-bond acceptors (Lipinski definition) is 4. The molecule has 0 bridgehead atoms. The Labute approximate surface area is 195 Å². The van der Waals surface area contributed by atoms with Crippen LogP contribution >= 0.6 is 24.0 Å². The molecule has 0 radical (unpaired) electrons. The van der Waals surface area contributed by atoms with Gasteiger partial charge in [0.25, 0.3) is 5.91 Å². The van der Waals surface area contributed by atoms with Gasteiger partial charge in [0.2, 0.25) is 0 Å². The van der Waals surface area contributed by atoms with Crippen LogP contribution in [0.5, 0.6) is 11.5 Å². The number of likely N-dealkylation sites (N-methyl/N-ethyl adjacent to an activating group) is 1. The molecule has 0 unspecified atom stereocenters. The Balaban J connectivity index is 0.00000450. The lowest BCUT2D eigenvalue weighted by atomic mass is 10.1. The van der Waals surface area contributed by atoms with Crippen molar-refractivity contribution in [2.45, 2.75) is 19.9 Å². The van der Waals surface area contributed by atoms with E-state index in [-0.39, 0.29) is 36.5 Å². The monoisotopic (exact) mass is 526 g/mol. The van der Waals surface area contributed by atoms with Crippen molar-refractivity contribution < 1.29 is 14.3 Å². The van der Waals surface area contributed by atoms with Crippen LogP contribution in [0.15, 0.2) is 53.5 Å². The van der Waals surface area contributed by atoms with Crippen molar-refractivity contribution in [3.05, 3.63) is 59.7 Å². The summed E-state index contributed by atoms with van der Waals surface area (Å²) in [6.45, 7) is 3.77. The molecular formula is C22H31IN4O3. The van der Waals surface area contributed by atoms with E-state index in [0.29, 0.717) is 24.6 Å². The minimum Gasteiger partial charge on any atom is -0.493 e. The summed E-state index contributed by atoms with van der Waals surface area (Å²) in [6, 6.07) is 15.9. The van der Waals surface area contributed by atoms with E-state index >= 15 is 0 Å². The molecule has 0 fully saturated rings. The van der Waals surface area contributed by atoms with Crippen LogP contribution in [0, 0.1) is 0 Å². The third-order valence-corrected chi connectivity index (χ3v) is 4.19. The maximum atomic E-state index is 11.6. The number of halogens is 1. The van der Waals surface area contributed by atoms with E-state index in [1.165, 1.54) is 5.56 Å². The largest absolute Gasteiger partial charge is 0.493 e. The van der Waals surface area contributed by atoms with E-state index in [9.17, 15) is 4.79 Å². The van der Waals surface area contributed by atoms with Crippen molar-refractivity contribution >= 4 is 35.8 Å². The Kier molecular flexibility index (Phi) is 12.3. The van der Waals surface area contributed by atoms with E-state index in [1.54, 1.807) is 20.2 Å². The summed E-state index contributed by atoms with van der Waals surface area (Å²) in [5, 5.41) is 9.30. The zero-order chi connectivity index (χ0) is 20.9. The van der Waals surface area contributed by atoms with Gasteiger partial charge in [-0.15, -0.1) is 24.0 Å². The van der Waals surface area contributed by atoms with Crippen molar-refractivity contribution in [2.24, 2.45) is 4.99 Å². The highest BCUT2D eigenvalue weighted by molar-refractivity contribution is 14.0. The van der Waals surface area contributed by atoms with E-state index < -0.39 is 0 Å². The molecule has 0 aliphatic rings. The normalized spacial score (nSPS) is 10.6. The molecule has 7 nitrogen and oxygen atoms in total. The number of carbonyl (C=O) groups excluding carboxylic acids is 1. The molecule has 2 aromatic carbocycles. The van der Waals surface area contributed by atoms with Gasteiger partial charge in [0.15, 0.2) is 24.1 Å². The molecule has 2 rings (SSSR count). The topological polar surface area (TPSA) is 84.0 Å². The second kappa shape index (κ2) is 14.5. The summed E-state index contributed by atoms with van der Waals surface area (Å²) in [6.07, 6.45) is 0.924. The lowest BCUT2D eigenvalue weighted by Crippen LogP contribution is -2.37. The van der Waals surface area contributed by atoms with Gasteiger partial charge in [-0.05, 0) is 36.6 Å². The van der Waals surface area contributed by atoms with Crippen LogP contribution in [0.4, 0.5) is 0 Å². The van der Waals surface area contributed by atoms with Gasteiger partial charge >= 0.3 is 0 Å². The number of guanidine groups is 1. The number of carbonyl (C=O) groups is 1. The fraction of sp³-hybridized carbons (Fsp3) is 0.364. The van der Waals surface area contributed by atoms with Gasteiger partial charge < -0.3 is 25.4 Å². The fourth-order valence-corrected chi connectivity index (χ4v) is 2.71. The number of amides is 1. The molecule has 0 saturated heterocycles. The number of hydrogen-bond donors (Lipinski definition) is 3. The smallest absolute Gasteiger partial charge is 0.257 e. The minimum atomic E-state index is -0.161. The number of ether oxygens (including phenoxy) is 2. The van der Waals surface area contributed by atoms with Gasteiger partial charge in [0.05, 0.1) is 7.11 Å². The minimum absolute atomic E-state index is 0. The standard InChI is InChI=1S/C22H30N4O3.HI/c1-4-24-21(27)16-29-19-11-10-18(14-20(19)28-3)15-26-22(23-2)25-13-12-17-8-6-5-7-9-17;/h5-11,14H,4,12-13,15-16H2,1-3H3,(H,24,27)(H2,23,25,26);1H. The maximum absolute atomic E-state index is 11.6. The first-order chi connectivity index (χ1) is 14.2. The maximum Gasteiger partial charge on any atom is 0.257 e. The number of rotatable bonds is 10. The van der Waals surface area contributed by atoms with E-state index in [0.717, 1.165) is 24.5 Å². The van der Waals surface area contributed by atoms with Gasteiger partial charge in [-0.1, -0.05) is 36.4 Å². The van der Waals surface area contributed by atoms with Gasteiger partial charge in [0, 0.05) is 26.7 Å². The summed E-state index contributed by atoms with van der Waals surface area (Å²) < 4.78 is 10.9. The summed E-state index contributed by atoms with van der Waals surface area (Å²) in [4.78, 5) is 15.8. The van der Waals surface area contributed by atoms with Crippen molar-refractivity contribution in [1.82, 2.24) is 16.0 Å². The Bertz CT molecular complexity index is 800. The quantitative estimate of drug-likeness (QED) is 0.252. The summed E-state index contributed by atoms with van der Waals surface area (Å²) in [5.74, 6) is 1.69. The Hall–Kier alpha value is -2.49. The number of nitrogens with one attached hydrogen (secondary N) is 3. The Morgan fingerprint density at radius 1 is 1.00 bits per heavy atom. The molecule has 3 N–H and O–H groups in total. The van der Waals surface area contributed by atoms with Crippen molar-refractivity contribution in [1.29, 1.82) is 0 Å². The highest BCUT2D eigenvalue weighted by atomic mass is 127. The van der Waals surface area contributed by atoms with Crippen LogP contribution in [0.1, 0.15) is 18.1 Å². The van der Waals surface area contributed by atoms with Crippen molar-refractivity contribution in [3.63, 3.8) is 0 Å². The van der Waals surface area contributed by atoms with Gasteiger partial charge in [-0.25, -0.2) is 0 Å². The fourth-order valence-electron chi connectivity index (χ4n) is 2.71. The van der Waals surface area contributed by atoms with Crippen molar-refractivity contribution in [3.8, 4) is 11.5 Å². The van der Waals surface area contributed by atoms with Crippen LogP contribution in [0.3, 0.4) is 0 Å². The SMILES string of the molecule is CCNC(=O)COc1ccc(CNC(=NC)NCCc2ccccc2)cc1OC.I. The summed E-state index contributed by atoms with van der Waals surface area (Å²) in [7, 11) is 3.33. The molecule has 0 spiro atoms. The lowest BCUT2D eigenvalue weighted by molar-refractivity contribution is -0.123. The van der Waals surface area contributed by atoms with E-state index in [4.69, 9.17) is 9.47 Å². The van der Waals surface area contributed by atoms with Gasteiger partial charge in [-0.2, -0.15) is 0 Å². The third-order valence-electron chi connectivity index (χ3n) is 4.19. The Morgan fingerprint density at radius 2 is 1.77 bits per heavy atom. The van der Waals surface area contributed by atoms with Gasteiger partial charge in [-0.3, -0.25) is 9.79 Å². The number of nitrogens with zero attached hydrogens (tertiary/aromatic N) is 1. The average Bonchev–Trinajstić information content (AvgIpc) is 2.75. The third kappa shape index (κ3) is 8.89. The first-order valence-electron chi connectivity index (χ1n) is 9.71. The van der Waals surface area contributed by atoms with Crippen LogP contribution in [-0.4, -0.2) is 45.7 Å². The second-order valence-electron chi connectivity index (χ2n) is 6.32.